The van der Waals surface area contributed by atoms with Crippen molar-refractivity contribution >= 4 is 43.2 Å². The number of hydrogen-bond donors (Lipinski definition) is 0. The molecule has 0 fully saturated rings. The van der Waals surface area contributed by atoms with Gasteiger partial charge >= 0.3 is 0 Å². The Balaban J connectivity index is 2.17. The van der Waals surface area contributed by atoms with E-state index in [1.165, 1.54) is 5.56 Å². The zero-order chi connectivity index (χ0) is 16.1. The molecule has 0 N–H and O–H groups in total. The molecule has 5 heteroatoms. The van der Waals surface area contributed by atoms with Gasteiger partial charge in [0.1, 0.15) is 5.75 Å². The summed E-state index contributed by atoms with van der Waals surface area (Å²) in [5.74, 6) is 1.17. The summed E-state index contributed by atoms with van der Waals surface area (Å²) in [5, 5.41) is -0.553. The number of hydrogen-bond acceptors (Lipinski definition) is 1. The maximum Gasteiger partial charge on any atom is 0.131 e. The molecule has 0 bridgehead atoms. The summed E-state index contributed by atoms with van der Waals surface area (Å²) >= 11 is 9.85. The Hall–Kier alpha value is -0.860. The standard InChI is InChI=1S/C17H14B2BrClO/c1-9(2)10-3-5-11(6-4-10)12-7-13(20)15(21)14-16(12)22-8-17(14,18)19/h3-7,9H,8H2,1-2H3. The molecule has 0 saturated carbocycles. The third kappa shape index (κ3) is 2.61. The van der Waals surface area contributed by atoms with Gasteiger partial charge in [0.05, 0.1) is 27.3 Å². The molecule has 0 aromatic heterocycles. The Morgan fingerprint density at radius 3 is 2.45 bits per heavy atom. The number of benzene rings is 2. The van der Waals surface area contributed by atoms with Crippen LogP contribution in [0.4, 0.5) is 0 Å². The van der Waals surface area contributed by atoms with Gasteiger partial charge in [0.15, 0.2) is 0 Å². The SMILES string of the molecule is [B]C1([B])COc2c(-c3ccc(C(C)C)cc3)cc(Br)c(Cl)c21. The van der Waals surface area contributed by atoms with E-state index in [4.69, 9.17) is 32.0 Å². The number of halogens is 2. The first-order valence-corrected chi connectivity index (χ1v) is 8.31. The Labute approximate surface area is 147 Å². The van der Waals surface area contributed by atoms with Gasteiger partial charge in [0, 0.05) is 15.6 Å². The van der Waals surface area contributed by atoms with E-state index >= 15 is 0 Å². The number of ether oxygens (including phenoxy) is 1. The van der Waals surface area contributed by atoms with Crippen LogP contribution in [-0.4, -0.2) is 22.3 Å². The summed E-state index contributed by atoms with van der Waals surface area (Å²) in [7, 11) is 12.2. The molecule has 4 radical (unpaired) electrons. The van der Waals surface area contributed by atoms with Crippen LogP contribution < -0.4 is 4.74 Å². The van der Waals surface area contributed by atoms with Gasteiger partial charge in [-0.05, 0) is 44.3 Å². The molecule has 0 atom stereocenters. The molecular weight excluding hydrogens is 357 g/mol. The summed E-state index contributed by atoms with van der Waals surface area (Å²) in [6.45, 7) is 4.56. The molecule has 0 spiro atoms. The fourth-order valence-corrected chi connectivity index (χ4v) is 3.44. The lowest BCUT2D eigenvalue weighted by molar-refractivity contribution is 0.344. The van der Waals surface area contributed by atoms with E-state index in [1.54, 1.807) is 0 Å². The number of rotatable bonds is 2. The second-order valence-corrected chi connectivity index (χ2v) is 7.26. The van der Waals surface area contributed by atoms with Crippen molar-refractivity contribution < 1.29 is 4.74 Å². The normalized spacial score (nSPS) is 15.7. The molecule has 3 rings (SSSR count). The molecule has 108 valence electrons. The van der Waals surface area contributed by atoms with E-state index in [0.717, 1.165) is 15.6 Å². The predicted molar refractivity (Wildman–Crippen MR) is 97.4 cm³/mol. The third-order valence-electron chi connectivity index (χ3n) is 3.98. The first kappa shape index (κ1) is 16.0. The van der Waals surface area contributed by atoms with Gasteiger partial charge in [0.25, 0.3) is 0 Å². The van der Waals surface area contributed by atoms with Crippen LogP contribution in [0, 0.1) is 0 Å². The Kier molecular flexibility index (Phi) is 4.11. The van der Waals surface area contributed by atoms with E-state index in [0.29, 0.717) is 22.3 Å². The zero-order valence-corrected chi connectivity index (χ0v) is 14.8. The molecule has 1 aliphatic rings. The monoisotopic (exact) mass is 370 g/mol. The topological polar surface area (TPSA) is 9.23 Å². The molecule has 0 amide bonds. The van der Waals surface area contributed by atoms with Crippen LogP contribution in [0.25, 0.3) is 11.1 Å². The minimum Gasteiger partial charge on any atom is -0.493 e. The summed E-state index contributed by atoms with van der Waals surface area (Å²) < 4.78 is 6.52. The van der Waals surface area contributed by atoms with Crippen LogP contribution in [0.3, 0.4) is 0 Å². The molecule has 1 heterocycles. The summed E-state index contributed by atoms with van der Waals surface area (Å²) in [6.07, 6.45) is 0. The molecule has 2 aromatic rings. The van der Waals surface area contributed by atoms with E-state index in [-0.39, 0.29) is 6.61 Å². The minimum atomic E-state index is -1.07. The molecule has 2 aromatic carbocycles. The smallest absolute Gasteiger partial charge is 0.131 e. The predicted octanol–water partition coefficient (Wildman–Crippen LogP) is 4.78. The lowest BCUT2D eigenvalue weighted by Gasteiger charge is -2.19. The average Bonchev–Trinajstić information content (AvgIpc) is 2.79. The van der Waals surface area contributed by atoms with Crippen molar-refractivity contribution in [3.63, 3.8) is 0 Å². The third-order valence-corrected chi connectivity index (χ3v) is 5.23. The summed E-state index contributed by atoms with van der Waals surface area (Å²) in [6, 6.07) is 10.4. The van der Waals surface area contributed by atoms with Crippen molar-refractivity contribution in [2.24, 2.45) is 0 Å². The molecule has 0 unspecified atom stereocenters. The maximum absolute atomic E-state index is 6.36. The van der Waals surface area contributed by atoms with Crippen LogP contribution in [0.2, 0.25) is 5.02 Å². The Morgan fingerprint density at radius 2 is 1.86 bits per heavy atom. The van der Waals surface area contributed by atoms with Crippen molar-refractivity contribution in [2.75, 3.05) is 6.61 Å². The van der Waals surface area contributed by atoms with Crippen LogP contribution in [0.15, 0.2) is 34.8 Å². The second-order valence-electron chi connectivity index (χ2n) is 6.03. The van der Waals surface area contributed by atoms with Gasteiger partial charge < -0.3 is 4.74 Å². The zero-order valence-electron chi connectivity index (χ0n) is 12.5. The highest BCUT2D eigenvalue weighted by Gasteiger charge is 2.36. The van der Waals surface area contributed by atoms with Gasteiger partial charge in [-0.3, -0.25) is 0 Å². The second kappa shape index (κ2) is 5.65. The van der Waals surface area contributed by atoms with Crippen molar-refractivity contribution in [2.45, 2.75) is 25.0 Å². The van der Waals surface area contributed by atoms with Gasteiger partial charge in [-0.25, -0.2) is 0 Å². The van der Waals surface area contributed by atoms with E-state index in [2.05, 4.69) is 54.0 Å². The fourth-order valence-electron chi connectivity index (χ4n) is 2.70. The highest BCUT2D eigenvalue weighted by Crippen LogP contribution is 2.49. The van der Waals surface area contributed by atoms with Crippen molar-refractivity contribution in [1.82, 2.24) is 0 Å². The van der Waals surface area contributed by atoms with E-state index < -0.39 is 5.21 Å². The lowest BCUT2D eigenvalue weighted by atomic mass is 9.52. The first-order valence-electron chi connectivity index (χ1n) is 7.14. The number of fused-ring (bicyclic) bond motifs is 1. The molecule has 0 saturated heterocycles. The highest BCUT2D eigenvalue weighted by molar-refractivity contribution is 9.10. The van der Waals surface area contributed by atoms with Crippen LogP contribution in [-0.2, 0) is 5.21 Å². The van der Waals surface area contributed by atoms with Crippen LogP contribution >= 0.6 is 27.5 Å². The van der Waals surface area contributed by atoms with Crippen molar-refractivity contribution in [3.05, 3.63) is 51.0 Å². The largest absolute Gasteiger partial charge is 0.493 e. The first-order chi connectivity index (χ1) is 10.3. The Morgan fingerprint density at radius 1 is 1.23 bits per heavy atom. The molecular formula is C17H14B2BrClO. The van der Waals surface area contributed by atoms with Gasteiger partial charge in [-0.2, -0.15) is 0 Å². The minimum absolute atomic E-state index is 0.218. The molecule has 1 aliphatic heterocycles. The van der Waals surface area contributed by atoms with Gasteiger partial charge in [0.2, 0.25) is 0 Å². The van der Waals surface area contributed by atoms with Crippen LogP contribution in [0.1, 0.15) is 30.9 Å². The summed E-state index contributed by atoms with van der Waals surface area (Å²) in [5.41, 5.74) is 3.95. The fraction of sp³-hybridized carbons (Fsp3) is 0.294. The van der Waals surface area contributed by atoms with Gasteiger partial charge in [-0.15, -0.1) is 0 Å². The molecule has 0 aliphatic carbocycles. The molecule has 22 heavy (non-hydrogen) atoms. The van der Waals surface area contributed by atoms with Crippen molar-refractivity contribution in [3.8, 4) is 16.9 Å². The highest BCUT2D eigenvalue weighted by atomic mass is 79.9. The maximum atomic E-state index is 6.36. The van der Waals surface area contributed by atoms with E-state index in [1.807, 2.05) is 6.07 Å². The summed E-state index contributed by atoms with van der Waals surface area (Å²) in [4.78, 5) is 0. The molecule has 1 nitrogen and oxygen atoms in total. The van der Waals surface area contributed by atoms with Crippen LogP contribution in [0.5, 0.6) is 5.75 Å². The van der Waals surface area contributed by atoms with Gasteiger partial charge in [-0.1, -0.05) is 49.7 Å². The lowest BCUT2D eigenvalue weighted by Crippen LogP contribution is -2.28. The quantitative estimate of drug-likeness (QED) is 0.691. The Bertz CT molecular complexity index is 726. The van der Waals surface area contributed by atoms with E-state index in [9.17, 15) is 0 Å². The average molecular weight is 371 g/mol. The van der Waals surface area contributed by atoms with Crippen molar-refractivity contribution in [1.29, 1.82) is 0 Å².